The van der Waals surface area contributed by atoms with Gasteiger partial charge in [-0.2, -0.15) is 0 Å². The molecule has 83 heavy (non-hydrogen) atoms. The van der Waals surface area contributed by atoms with Gasteiger partial charge in [0, 0.05) is 49.7 Å². The standard InChI is InChI=1S/C74H41N9/c1-75-53-13-9-11-51(39-53)67-45-66(79-74(80-67)52-12-10-14-54(40-52)76-2)50-25-23-48(24-26-50)46-19-21-47(22-20-46)49-27-31-57(32-28-49)81-72-37-33-58(82-68-17-7-5-15-60(68)61-16-6-8-18-69(61)82)43-64(72)65-44-59(34-38-73(65)81)83-70-35-29-55(77-3)41-62(70)63-42-56(78-4)30-36-71(63)83/h5-45H. The van der Waals surface area contributed by atoms with Crippen LogP contribution in [0.3, 0.4) is 0 Å². The third-order valence-electron chi connectivity index (χ3n) is 15.9. The summed E-state index contributed by atoms with van der Waals surface area (Å²) >= 11 is 0. The monoisotopic (exact) mass is 1060 g/mol. The third kappa shape index (κ3) is 8.05. The summed E-state index contributed by atoms with van der Waals surface area (Å²) in [5.41, 5.74) is 19.9. The molecule has 9 nitrogen and oxygen atoms in total. The van der Waals surface area contributed by atoms with Crippen LogP contribution in [0.1, 0.15) is 0 Å². The van der Waals surface area contributed by atoms with Crippen molar-refractivity contribution in [1.82, 2.24) is 23.7 Å². The Morgan fingerprint density at radius 1 is 0.241 bits per heavy atom. The van der Waals surface area contributed by atoms with Crippen LogP contribution < -0.4 is 0 Å². The Hall–Kier alpha value is -12.1. The number of nitrogens with zero attached hydrogens (tertiary/aromatic N) is 9. The Labute approximate surface area is 477 Å². The maximum absolute atomic E-state index is 7.81. The maximum Gasteiger partial charge on any atom is 0.188 e. The number of para-hydroxylation sites is 2. The van der Waals surface area contributed by atoms with Crippen molar-refractivity contribution < 1.29 is 0 Å². The molecule has 11 aromatic carbocycles. The molecule has 0 aliphatic heterocycles. The average molecular weight is 1060 g/mol. The predicted molar refractivity (Wildman–Crippen MR) is 337 cm³/mol. The molecule has 382 valence electrons. The predicted octanol–water partition coefficient (Wildman–Crippen LogP) is 20.3. The van der Waals surface area contributed by atoms with Gasteiger partial charge in [0.25, 0.3) is 0 Å². The number of hydrogen-bond acceptors (Lipinski definition) is 2. The van der Waals surface area contributed by atoms with Crippen molar-refractivity contribution >= 4 is 88.2 Å². The van der Waals surface area contributed by atoms with Crippen molar-refractivity contribution in [3.63, 3.8) is 0 Å². The summed E-state index contributed by atoms with van der Waals surface area (Å²) in [5, 5.41) is 6.49. The van der Waals surface area contributed by atoms with Gasteiger partial charge in [0.1, 0.15) is 0 Å². The lowest BCUT2D eigenvalue weighted by Crippen LogP contribution is -1.96. The smallest absolute Gasteiger partial charge is 0.188 e. The van der Waals surface area contributed by atoms with Crippen molar-refractivity contribution in [2.75, 3.05) is 0 Å². The fourth-order valence-electron chi connectivity index (χ4n) is 12.0. The Balaban J connectivity index is 0.792. The van der Waals surface area contributed by atoms with Crippen LogP contribution in [-0.4, -0.2) is 23.7 Å². The third-order valence-corrected chi connectivity index (χ3v) is 15.9. The molecular weight excluding hydrogens is 1010 g/mol. The van der Waals surface area contributed by atoms with Crippen molar-refractivity contribution in [2.24, 2.45) is 0 Å². The molecule has 0 radical (unpaired) electrons. The van der Waals surface area contributed by atoms with E-state index in [4.69, 9.17) is 36.3 Å². The highest BCUT2D eigenvalue weighted by molar-refractivity contribution is 6.15. The van der Waals surface area contributed by atoms with Crippen molar-refractivity contribution in [2.45, 2.75) is 0 Å². The summed E-state index contributed by atoms with van der Waals surface area (Å²) in [5.74, 6) is 0.506. The van der Waals surface area contributed by atoms with Crippen LogP contribution in [0.2, 0.25) is 0 Å². The van der Waals surface area contributed by atoms with Gasteiger partial charge in [0.2, 0.25) is 0 Å². The fraction of sp³-hybridized carbons (Fsp3) is 0. The molecule has 15 aromatic rings. The summed E-state index contributed by atoms with van der Waals surface area (Å²) < 4.78 is 6.99. The molecule has 9 heteroatoms. The topological polar surface area (TPSA) is 58.0 Å². The minimum Gasteiger partial charge on any atom is -0.309 e. The zero-order chi connectivity index (χ0) is 55.7. The van der Waals surface area contributed by atoms with Gasteiger partial charge in [0.15, 0.2) is 28.6 Å². The molecule has 0 saturated heterocycles. The quantitative estimate of drug-likeness (QED) is 0.142. The number of fused-ring (bicyclic) bond motifs is 9. The van der Waals surface area contributed by atoms with Crippen LogP contribution >= 0.6 is 0 Å². The highest BCUT2D eigenvalue weighted by Crippen LogP contribution is 2.42. The van der Waals surface area contributed by atoms with Gasteiger partial charge in [0.05, 0.1) is 70.8 Å². The Kier molecular flexibility index (Phi) is 11.2. The van der Waals surface area contributed by atoms with Gasteiger partial charge < -0.3 is 13.7 Å². The normalized spacial score (nSPS) is 11.3. The Bertz CT molecular complexity index is 5160. The molecule has 0 saturated carbocycles. The molecule has 0 amide bonds. The molecule has 0 spiro atoms. The van der Waals surface area contributed by atoms with E-state index in [1.165, 1.54) is 10.8 Å². The summed E-state index contributed by atoms with van der Waals surface area (Å²) in [6.07, 6.45) is 0. The molecule has 0 bridgehead atoms. The summed E-state index contributed by atoms with van der Waals surface area (Å²) in [4.78, 5) is 24.7. The summed E-state index contributed by atoms with van der Waals surface area (Å²) in [6.45, 7) is 30.8. The van der Waals surface area contributed by atoms with Crippen LogP contribution in [0, 0.1) is 26.3 Å². The van der Waals surface area contributed by atoms with Crippen molar-refractivity contribution in [3.8, 4) is 73.2 Å². The van der Waals surface area contributed by atoms with E-state index >= 15 is 0 Å². The van der Waals surface area contributed by atoms with E-state index in [2.05, 4.69) is 191 Å². The first-order valence-corrected chi connectivity index (χ1v) is 27.0. The number of rotatable bonds is 8. The molecule has 0 N–H and O–H groups in total. The van der Waals surface area contributed by atoms with Crippen molar-refractivity contribution in [3.05, 3.63) is 294 Å². The van der Waals surface area contributed by atoms with Gasteiger partial charge in [-0.25, -0.2) is 29.3 Å². The highest BCUT2D eigenvalue weighted by Gasteiger charge is 2.20. The van der Waals surface area contributed by atoms with Gasteiger partial charge >= 0.3 is 0 Å². The first-order chi connectivity index (χ1) is 40.9. The lowest BCUT2D eigenvalue weighted by molar-refractivity contribution is 1.16. The van der Waals surface area contributed by atoms with Crippen LogP contribution in [0.5, 0.6) is 0 Å². The van der Waals surface area contributed by atoms with Crippen LogP contribution in [-0.2, 0) is 0 Å². The second kappa shape index (κ2) is 19.3. The number of hydrogen-bond donors (Lipinski definition) is 0. The fourth-order valence-corrected chi connectivity index (χ4v) is 12.0. The zero-order valence-electron chi connectivity index (χ0n) is 44.2. The lowest BCUT2D eigenvalue weighted by Gasteiger charge is -2.12. The van der Waals surface area contributed by atoms with Crippen LogP contribution in [0.25, 0.3) is 158 Å². The summed E-state index contributed by atoms with van der Waals surface area (Å²) in [7, 11) is 0. The highest BCUT2D eigenvalue weighted by atomic mass is 15.0. The summed E-state index contributed by atoms with van der Waals surface area (Å²) in [6, 6.07) is 85.0. The van der Waals surface area contributed by atoms with Crippen molar-refractivity contribution in [1.29, 1.82) is 0 Å². The first-order valence-electron chi connectivity index (χ1n) is 27.0. The second-order valence-electron chi connectivity index (χ2n) is 20.6. The minimum atomic E-state index is 0.506. The molecule has 0 aliphatic carbocycles. The Morgan fingerprint density at radius 3 is 1.07 bits per heavy atom. The first kappa shape index (κ1) is 48.0. The maximum atomic E-state index is 7.81. The van der Waals surface area contributed by atoms with Gasteiger partial charge in [-0.1, -0.05) is 146 Å². The second-order valence-corrected chi connectivity index (χ2v) is 20.6. The Morgan fingerprint density at radius 2 is 0.590 bits per heavy atom. The SMILES string of the molecule is [C-]#[N+]c1cccc(-c2cc(-c3ccc(-c4ccc(-c5ccc(-n6c7ccc(-n8c9ccccc9c9ccccc98)cc7c7cc(-n8c9ccc([N+]#[C-])cc9c9cc([N+]#[C-])ccc98)ccc76)cc5)cc4)cc3)nc(-c3cccc([N+]#[C-])c3)n2)c1. The van der Waals surface area contributed by atoms with Gasteiger partial charge in [-0.05, 0) is 142 Å². The van der Waals surface area contributed by atoms with E-state index in [-0.39, 0.29) is 0 Å². The molecule has 0 unspecified atom stereocenters. The van der Waals surface area contributed by atoms with E-state index in [1.54, 1.807) is 18.2 Å². The minimum absolute atomic E-state index is 0.506. The van der Waals surface area contributed by atoms with E-state index in [0.717, 1.165) is 116 Å². The van der Waals surface area contributed by atoms with E-state index in [0.29, 0.717) is 34.3 Å². The lowest BCUT2D eigenvalue weighted by atomic mass is 9.98. The molecular formula is C74H41N9. The van der Waals surface area contributed by atoms with E-state index < -0.39 is 0 Å². The molecule has 15 rings (SSSR count). The average Bonchev–Trinajstić information content (AvgIpc) is 3.98. The van der Waals surface area contributed by atoms with Crippen LogP contribution in [0.4, 0.5) is 22.7 Å². The van der Waals surface area contributed by atoms with E-state index in [1.807, 2.05) is 72.8 Å². The van der Waals surface area contributed by atoms with Gasteiger partial charge in [-0.15, -0.1) is 0 Å². The number of benzene rings is 11. The largest absolute Gasteiger partial charge is 0.309 e. The zero-order valence-corrected chi connectivity index (χ0v) is 44.2. The molecule has 4 heterocycles. The van der Waals surface area contributed by atoms with Crippen LogP contribution in [0.15, 0.2) is 249 Å². The molecule has 4 aromatic heterocycles. The number of aromatic nitrogens is 5. The van der Waals surface area contributed by atoms with Gasteiger partial charge in [-0.3, -0.25) is 0 Å². The van der Waals surface area contributed by atoms with E-state index in [9.17, 15) is 0 Å². The molecule has 0 aliphatic rings. The molecule has 0 atom stereocenters. The molecule has 0 fully saturated rings.